The van der Waals surface area contributed by atoms with Gasteiger partial charge in [-0.25, -0.2) is 4.39 Å². The number of aromatic hydroxyl groups is 1. The number of hydrogen-bond donors (Lipinski definition) is 2. The van der Waals surface area contributed by atoms with Gasteiger partial charge in [0.15, 0.2) is 0 Å². The number of halogens is 2. The fourth-order valence-corrected chi connectivity index (χ4v) is 2.28. The normalized spacial score (nSPS) is 21.1. The first-order valence-corrected chi connectivity index (χ1v) is 5.90. The molecule has 1 aliphatic heterocycles. The minimum atomic E-state index is -0.339. The van der Waals surface area contributed by atoms with E-state index < -0.39 is 0 Å². The van der Waals surface area contributed by atoms with Crippen LogP contribution in [0.25, 0.3) is 0 Å². The molecule has 1 saturated heterocycles. The number of phenols is 1. The molecule has 1 heterocycles. The van der Waals surface area contributed by atoms with Crippen LogP contribution in [0.15, 0.2) is 10.5 Å². The van der Waals surface area contributed by atoms with Crippen molar-refractivity contribution >= 4 is 15.9 Å². The number of nitrogens with one attached hydrogen (secondary N) is 1. The second-order valence-corrected chi connectivity index (χ2v) is 4.65. The van der Waals surface area contributed by atoms with Crippen LogP contribution in [0.2, 0.25) is 0 Å². The lowest BCUT2D eigenvalue weighted by Crippen LogP contribution is -2.33. The average Bonchev–Trinajstić information content (AvgIpc) is 2.28. The van der Waals surface area contributed by atoms with Gasteiger partial charge in [-0.15, -0.1) is 0 Å². The highest BCUT2D eigenvalue weighted by Gasteiger charge is 2.24. The highest BCUT2D eigenvalue weighted by molar-refractivity contribution is 9.10. The maximum Gasteiger partial charge on any atom is 0.136 e. The fraction of sp³-hybridized carbons (Fsp3) is 0.455. The Morgan fingerprint density at radius 3 is 3.00 bits per heavy atom. The smallest absolute Gasteiger partial charge is 0.136 e. The van der Waals surface area contributed by atoms with E-state index in [2.05, 4.69) is 21.2 Å². The van der Waals surface area contributed by atoms with Gasteiger partial charge in [0.2, 0.25) is 0 Å². The molecule has 3 nitrogen and oxygen atoms in total. The maximum absolute atomic E-state index is 13.6. The van der Waals surface area contributed by atoms with Crippen LogP contribution in [-0.2, 0) is 4.74 Å². The van der Waals surface area contributed by atoms with Gasteiger partial charge >= 0.3 is 0 Å². The van der Waals surface area contributed by atoms with Crippen molar-refractivity contribution in [2.24, 2.45) is 0 Å². The first-order valence-electron chi connectivity index (χ1n) is 5.11. The molecule has 88 valence electrons. The van der Waals surface area contributed by atoms with Gasteiger partial charge in [0.1, 0.15) is 11.6 Å². The number of hydrogen-bond acceptors (Lipinski definition) is 3. The molecule has 1 atom stereocenters. The number of morpholine rings is 1. The van der Waals surface area contributed by atoms with Crippen LogP contribution in [0.3, 0.4) is 0 Å². The second-order valence-electron chi connectivity index (χ2n) is 3.79. The molecule has 0 amide bonds. The number of benzene rings is 1. The van der Waals surface area contributed by atoms with Gasteiger partial charge < -0.3 is 15.2 Å². The molecule has 1 unspecified atom stereocenters. The topological polar surface area (TPSA) is 41.5 Å². The molecular formula is C11H13BrFNO2. The summed E-state index contributed by atoms with van der Waals surface area (Å²) < 4.78 is 19.4. The summed E-state index contributed by atoms with van der Waals surface area (Å²) in [4.78, 5) is 0. The Balaban J connectivity index is 2.45. The molecule has 0 bridgehead atoms. The average molecular weight is 290 g/mol. The third kappa shape index (κ3) is 2.07. The summed E-state index contributed by atoms with van der Waals surface area (Å²) in [6, 6.07) is 1.27. The van der Waals surface area contributed by atoms with Gasteiger partial charge in [-0.3, -0.25) is 0 Å². The Hall–Kier alpha value is -0.650. The van der Waals surface area contributed by atoms with Crippen LogP contribution in [-0.4, -0.2) is 24.8 Å². The summed E-state index contributed by atoms with van der Waals surface area (Å²) in [6.07, 6.45) is -0.291. The van der Waals surface area contributed by atoms with E-state index in [9.17, 15) is 9.50 Å². The van der Waals surface area contributed by atoms with Crippen molar-refractivity contribution in [3.8, 4) is 5.75 Å². The van der Waals surface area contributed by atoms with E-state index >= 15 is 0 Å². The molecule has 0 saturated carbocycles. The third-order valence-electron chi connectivity index (χ3n) is 2.75. The summed E-state index contributed by atoms with van der Waals surface area (Å²) >= 11 is 3.13. The van der Waals surface area contributed by atoms with Gasteiger partial charge in [0, 0.05) is 18.7 Å². The van der Waals surface area contributed by atoms with Crippen LogP contribution in [0.1, 0.15) is 17.2 Å². The molecule has 2 N–H and O–H groups in total. The first kappa shape index (κ1) is 11.8. The molecular weight excluding hydrogens is 277 g/mol. The van der Waals surface area contributed by atoms with Crippen molar-refractivity contribution in [3.63, 3.8) is 0 Å². The van der Waals surface area contributed by atoms with Crippen LogP contribution in [0.4, 0.5) is 4.39 Å². The standard InChI is InChI=1S/C11H13BrFNO2/c1-6-8(13)4-7(12)11(15)10(6)9-5-14-2-3-16-9/h4,9,14-15H,2-3,5H2,1H3. The van der Waals surface area contributed by atoms with E-state index in [4.69, 9.17) is 4.74 Å². The summed E-state index contributed by atoms with van der Waals surface area (Å²) in [6.45, 7) is 3.59. The molecule has 1 aliphatic rings. The van der Waals surface area contributed by atoms with E-state index in [1.807, 2.05) is 0 Å². The van der Waals surface area contributed by atoms with Crippen LogP contribution < -0.4 is 5.32 Å². The van der Waals surface area contributed by atoms with Gasteiger partial charge in [-0.05, 0) is 34.5 Å². The number of rotatable bonds is 1. The van der Waals surface area contributed by atoms with Crippen molar-refractivity contribution in [3.05, 3.63) is 27.5 Å². The Morgan fingerprint density at radius 1 is 1.62 bits per heavy atom. The zero-order valence-electron chi connectivity index (χ0n) is 8.89. The van der Waals surface area contributed by atoms with Crippen LogP contribution in [0, 0.1) is 12.7 Å². The monoisotopic (exact) mass is 289 g/mol. The van der Waals surface area contributed by atoms with Crippen molar-refractivity contribution in [1.82, 2.24) is 5.32 Å². The molecule has 0 spiro atoms. The fourth-order valence-electron chi connectivity index (χ4n) is 1.87. The Morgan fingerprint density at radius 2 is 2.38 bits per heavy atom. The SMILES string of the molecule is Cc1c(F)cc(Br)c(O)c1C1CNCCO1. The number of phenolic OH excluding ortho intramolecular Hbond substituents is 1. The van der Waals surface area contributed by atoms with E-state index in [0.29, 0.717) is 28.8 Å². The van der Waals surface area contributed by atoms with E-state index in [1.165, 1.54) is 6.07 Å². The molecule has 5 heteroatoms. The molecule has 1 aromatic rings. The third-order valence-corrected chi connectivity index (χ3v) is 3.35. The van der Waals surface area contributed by atoms with Crippen molar-refractivity contribution < 1.29 is 14.2 Å². The summed E-state index contributed by atoms with van der Waals surface area (Å²) in [5.41, 5.74) is 0.966. The van der Waals surface area contributed by atoms with Crippen molar-refractivity contribution in [2.45, 2.75) is 13.0 Å². The molecule has 1 aromatic carbocycles. The predicted molar refractivity (Wildman–Crippen MR) is 62.1 cm³/mol. The highest BCUT2D eigenvalue weighted by atomic mass is 79.9. The first-order chi connectivity index (χ1) is 7.61. The van der Waals surface area contributed by atoms with Gasteiger partial charge in [-0.1, -0.05) is 0 Å². The van der Waals surface area contributed by atoms with E-state index in [0.717, 1.165) is 6.54 Å². The molecule has 0 radical (unpaired) electrons. The second kappa shape index (κ2) is 4.69. The Bertz CT molecular complexity index is 379. The summed E-state index contributed by atoms with van der Waals surface area (Å²) in [5.74, 6) is -0.276. The van der Waals surface area contributed by atoms with E-state index in [1.54, 1.807) is 6.92 Å². The largest absolute Gasteiger partial charge is 0.506 e. The molecule has 16 heavy (non-hydrogen) atoms. The zero-order chi connectivity index (χ0) is 11.7. The lowest BCUT2D eigenvalue weighted by molar-refractivity contribution is 0.0256. The highest BCUT2D eigenvalue weighted by Crippen LogP contribution is 2.37. The predicted octanol–water partition coefficient (Wildman–Crippen LogP) is 2.26. The summed E-state index contributed by atoms with van der Waals surface area (Å²) in [7, 11) is 0. The minimum absolute atomic E-state index is 0.0626. The van der Waals surface area contributed by atoms with Gasteiger partial charge in [-0.2, -0.15) is 0 Å². The Labute approximate surface area is 102 Å². The summed E-state index contributed by atoms with van der Waals surface area (Å²) in [5, 5.41) is 13.1. The molecule has 0 aromatic heterocycles. The Kier molecular flexibility index (Phi) is 3.47. The molecule has 2 rings (SSSR count). The van der Waals surface area contributed by atoms with Crippen LogP contribution in [0.5, 0.6) is 5.75 Å². The van der Waals surface area contributed by atoms with Crippen molar-refractivity contribution in [2.75, 3.05) is 19.7 Å². The zero-order valence-corrected chi connectivity index (χ0v) is 10.5. The van der Waals surface area contributed by atoms with Gasteiger partial charge in [0.25, 0.3) is 0 Å². The van der Waals surface area contributed by atoms with Gasteiger partial charge in [0.05, 0.1) is 17.2 Å². The lowest BCUT2D eigenvalue weighted by Gasteiger charge is -2.26. The molecule has 1 fully saturated rings. The quantitative estimate of drug-likeness (QED) is 0.833. The maximum atomic E-state index is 13.6. The van der Waals surface area contributed by atoms with Crippen LogP contribution >= 0.6 is 15.9 Å². The molecule has 0 aliphatic carbocycles. The minimum Gasteiger partial charge on any atom is -0.506 e. The lowest BCUT2D eigenvalue weighted by atomic mass is 10.0. The van der Waals surface area contributed by atoms with E-state index in [-0.39, 0.29) is 17.7 Å². The number of ether oxygens (including phenoxy) is 1. The van der Waals surface area contributed by atoms with Crippen molar-refractivity contribution in [1.29, 1.82) is 0 Å².